The Hall–Kier alpha value is -1.36. The van der Waals surface area contributed by atoms with Gasteiger partial charge in [0, 0.05) is 22.9 Å². The Morgan fingerprint density at radius 3 is 2.63 bits per heavy atom. The molecule has 2 rings (SSSR count). The summed E-state index contributed by atoms with van der Waals surface area (Å²) < 4.78 is 0. The molecule has 4 nitrogen and oxygen atoms in total. The molecule has 1 aromatic carbocycles. The highest BCUT2D eigenvalue weighted by Crippen LogP contribution is 2.30. The lowest BCUT2D eigenvalue weighted by Crippen LogP contribution is -2.33. The van der Waals surface area contributed by atoms with E-state index in [2.05, 4.69) is 12.2 Å². The average Bonchev–Trinajstić information content (AvgIpc) is 2.76. The molecule has 1 aliphatic rings. The smallest absolute Gasteiger partial charge is 0.251 e. The summed E-state index contributed by atoms with van der Waals surface area (Å²) in [5.74, 6) is 0.663. The topological polar surface area (TPSA) is 69.6 Å². The molecule has 1 aliphatic carbocycles. The van der Waals surface area contributed by atoms with Crippen LogP contribution >= 0.6 is 11.8 Å². The molecule has 5 heteroatoms. The van der Waals surface area contributed by atoms with Gasteiger partial charge in [-0.1, -0.05) is 6.92 Å². The number of phenols is 2. The molecule has 2 atom stereocenters. The molecule has 104 valence electrons. The van der Waals surface area contributed by atoms with Crippen LogP contribution < -0.4 is 5.32 Å². The highest BCUT2D eigenvalue weighted by Gasteiger charge is 2.26. The van der Waals surface area contributed by atoms with Gasteiger partial charge in [0.25, 0.3) is 5.91 Å². The first-order chi connectivity index (χ1) is 9.08. The van der Waals surface area contributed by atoms with Gasteiger partial charge in [-0.25, -0.2) is 0 Å². The predicted molar refractivity (Wildman–Crippen MR) is 76.8 cm³/mol. The van der Waals surface area contributed by atoms with E-state index in [1.165, 1.54) is 18.2 Å². The van der Waals surface area contributed by atoms with Crippen molar-refractivity contribution in [3.05, 3.63) is 23.8 Å². The number of hydrogen-bond acceptors (Lipinski definition) is 4. The molecule has 0 heterocycles. The van der Waals surface area contributed by atoms with Gasteiger partial charge >= 0.3 is 0 Å². The van der Waals surface area contributed by atoms with Gasteiger partial charge in [0.1, 0.15) is 11.5 Å². The lowest BCUT2D eigenvalue weighted by atomic mass is 10.1. The lowest BCUT2D eigenvalue weighted by molar-refractivity contribution is 0.0937. The van der Waals surface area contributed by atoms with Crippen molar-refractivity contribution in [1.82, 2.24) is 5.32 Å². The molecule has 19 heavy (non-hydrogen) atoms. The Labute approximate surface area is 117 Å². The van der Waals surface area contributed by atoms with Gasteiger partial charge in [0.05, 0.1) is 0 Å². The van der Waals surface area contributed by atoms with Crippen LogP contribution in [0.4, 0.5) is 0 Å². The summed E-state index contributed by atoms with van der Waals surface area (Å²) in [6.45, 7) is 2.14. The van der Waals surface area contributed by atoms with Crippen molar-refractivity contribution in [1.29, 1.82) is 0 Å². The Morgan fingerprint density at radius 1 is 1.32 bits per heavy atom. The van der Waals surface area contributed by atoms with E-state index in [1.807, 2.05) is 11.8 Å². The van der Waals surface area contributed by atoms with E-state index in [1.54, 1.807) is 0 Å². The molecule has 0 aromatic heterocycles. The summed E-state index contributed by atoms with van der Waals surface area (Å²) in [6.07, 6.45) is 3.12. The van der Waals surface area contributed by atoms with E-state index in [9.17, 15) is 15.0 Å². The second kappa shape index (κ2) is 6.19. The SMILES string of the molecule is CCSC1CCC(NC(=O)c2cc(O)cc(O)c2)C1. The Balaban J connectivity index is 1.94. The maximum absolute atomic E-state index is 12.0. The van der Waals surface area contributed by atoms with E-state index in [-0.39, 0.29) is 23.4 Å². The number of nitrogens with one attached hydrogen (secondary N) is 1. The monoisotopic (exact) mass is 281 g/mol. The van der Waals surface area contributed by atoms with Crippen LogP contribution in [-0.4, -0.2) is 33.2 Å². The fraction of sp³-hybridized carbons (Fsp3) is 0.500. The van der Waals surface area contributed by atoms with Crippen molar-refractivity contribution in [2.75, 3.05) is 5.75 Å². The second-order valence-corrected chi connectivity index (χ2v) is 6.38. The van der Waals surface area contributed by atoms with Crippen molar-refractivity contribution in [2.45, 2.75) is 37.5 Å². The maximum atomic E-state index is 12.0. The van der Waals surface area contributed by atoms with E-state index in [0.717, 1.165) is 25.0 Å². The van der Waals surface area contributed by atoms with Gasteiger partial charge in [0.15, 0.2) is 0 Å². The van der Waals surface area contributed by atoms with Crippen LogP contribution in [0.3, 0.4) is 0 Å². The first kappa shape index (κ1) is 14.1. The van der Waals surface area contributed by atoms with Crippen LogP contribution in [0.2, 0.25) is 0 Å². The first-order valence-electron chi connectivity index (χ1n) is 6.54. The number of rotatable bonds is 4. The molecule has 3 N–H and O–H groups in total. The van der Waals surface area contributed by atoms with Crippen molar-refractivity contribution < 1.29 is 15.0 Å². The van der Waals surface area contributed by atoms with Gasteiger partial charge in [-0.05, 0) is 37.1 Å². The summed E-state index contributed by atoms with van der Waals surface area (Å²) in [6, 6.07) is 4.13. The Bertz CT molecular complexity index is 444. The van der Waals surface area contributed by atoms with Crippen LogP contribution in [0.15, 0.2) is 18.2 Å². The van der Waals surface area contributed by atoms with Crippen molar-refractivity contribution in [2.24, 2.45) is 0 Å². The predicted octanol–water partition coefficient (Wildman–Crippen LogP) is 2.50. The first-order valence-corrected chi connectivity index (χ1v) is 7.59. The molecule has 1 saturated carbocycles. The number of benzene rings is 1. The van der Waals surface area contributed by atoms with Gasteiger partial charge < -0.3 is 15.5 Å². The molecular formula is C14H19NO3S. The highest BCUT2D eigenvalue weighted by molar-refractivity contribution is 7.99. The Morgan fingerprint density at radius 2 is 2.00 bits per heavy atom. The lowest BCUT2D eigenvalue weighted by Gasteiger charge is -2.13. The highest BCUT2D eigenvalue weighted by atomic mass is 32.2. The molecule has 0 radical (unpaired) electrons. The van der Waals surface area contributed by atoms with E-state index >= 15 is 0 Å². The van der Waals surface area contributed by atoms with E-state index in [0.29, 0.717) is 10.8 Å². The third kappa shape index (κ3) is 3.80. The van der Waals surface area contributed by atoms with E-state index < -0.39 is 0 Å². The van der Waals surface area contributed by atoms with Crippen LogP contribution in [0, 0.1) is 0 Å². The number of carbonyl (C=O) groups is 1. The number of hydrogen-bond donors (Lipinski definition) is 3. The van der Waals surface area contributed by atoms with Gasteiger partial charge in [-0.2, -0.15) is 11.8 Å². The van der Waals surface area contributed by atoms with E-state index in [4.69, 9.17) is 0 Å². The molecule has 0 spiro atoms. The van der Waals surface area contributed by atoms with Crippen LogP contribution in [-0.2, 0) is 0 Å². The fourth-order valence-electron chi connectivity index (χ4n) is 2.45. The number of phenolic OH excluding ortho intramolecular Hbond substituents is 2. The number of amides is 1. The number of aromatic hydroxyl groups is 2. The van der Waals surface area contributed by atoms with Crippen LogP contribution in [0.1, 0.15) is 36.5 Å². The second-order valence-electron chi connectivity index (χ2n) is 4.80. The molecule has 2 unspecified atom stereocenters. The van der Waals surface area contributed by atoms with Crippen molar-refractivity contribution in [3.63, 3.8) is 0 Å². The quantitative estimate of drug-likeness (QED) is 0.793. The molecule has 1 fully saturated rings. The molecule has 1 aromatic rings. The van der Waals surface area contributed by atoms with Crippen molar-refractivity contribution >= 4 is 17.7 Å². The van der Waals surface area contributed by atoms with Gasteiger partial charge in [0.2, 0.25) is 0 Å². The summed E-state index contributed by atoms with van der Waals surface area (Å²) in [4.78, 5) is 12.0. The minimum Gasteiger partial charge on any atom is -0.508 e. The minimum atomic E-state index is -0.238. The minimum absolute atomic E-state index is 0.101. The fourth-order valence-corrected chi connectivity index (χ4v) is 3.60. The zero-order valence-corrected chi connectivity index (χ0v) is 11.7. The molecule has 0 aliphatic heterocycles. The number of thioether (sulfide) groups is 1. The average molecular weight is 281 g/mol. The summed E-state index contributed by atoms with van der Waals surface area (Å²) in [5, 5.41) is 22.3. The largest absolute Gasteiger partial charge is 0.508 e. The summed E-state index contributed by atoms with van der Waals surface area (Å²) in [7, 11) is 0. The molecular weight excluding hydrogens is 262 g/mol. The molecule has 0 bridgehead atoms. The third-order valence-electron chi connectivity index (χ3n) is 3.29. The van der Waals surface area contributed by atoms with Gasteiger partial charge in [-0.3, -0.25) is 4.79 Å². The van der Waals surface area contributed by atoms with Crippen molar-refractivity contribution in [3.8, 4) is 11.5 Å². The Kier molecular flexibility index (Phi) is 4.58. The maximum Gasteiger partial charge on any atom is 0.251 e. The van der Waals surface area contributed by atoms with Crippen LogP contribution in [0.25, 0.3) is 0 Å². The van der Waals surface area contributed by atoms with Crippen LogP contribution in [0.5, 0.6) is 11.5 Å². The summed E-state index contributed by atoms with van der Waals surface area (Å²) >= 11 is 1.94. The zero-order chi connectivity index (χ0) is 13.8. The zero-order valence-electron chi connectivity index (χ0n) is 10.9. The van der Waals surface area contributed by atoms with Gasteiger partial charge in [-0.15, -0.1) is 0 Å². The summed E-state index contributed by atoms with van der Waals surface area (Å²) in [5.41, 5.74) is 0.295. The normalized spacial score (nSPS) is 22.4. The standard InChI is InChI=1S/C14H19NO3S/c1-2-19-13-4-3-10(7-13)15-14(18)9-5-11(16)8-12(17)6-9/h5-6,8,10,13,16-17H,2-4,7H2,1H3,(H,15,18). The molecule has 1 amide bonds. The third-order valence-corrected chi connectivity index (χ3v) is 4.52. The number of carbonyl (C=O) groups excluding carboxylic acids is 1. The molecule has 0 saturated heterocycles.